The van der Waals surface area contributed by atoms with Crippen molar-refractivity contribution in [2.75, 3.05) is 0 Å². The van der Waals surface area contributed by atoms with Crippen molar-refractivity contribution in [3.05, 3.63) is 32.3 Å². The molecule has 1 unspecified atom stereocenters. The van der Waals surface area contributed by atoms with E-state index in [0.29, 0.717) is 0 Å². The molecule has 0 aromatic carbocycles. The van der Waals surface area contributed by atoms with Gasteiger partial charge in [0.2, 0.25) is 0 Å². The maximum absolute atomic E-state index is 6.23. The molecule has 0 radical (unpaired) electrons. The van der Waals surface area contributed by atoms with Gasteiger partial charge in [0.05, 0.1) is 4.88 Å². The molecule has 0 amide bonds. The van der Waals surface area contributed by atoms with Gasteiger partial charge in [0.25, 0.3) is 0 Å². The average Bonchev–Trinajstić information content (AvgIpc) is 2.67. The maximum atomic E-state index is 6.23. The van der Waals surface area contributed by atoms with E-state index < -0.39 is 0 Å². The zero-order valence-corrected chi connectivity index (χ0v) is 14.4. The third kappa shape index (κ3) is 2.64. The Kier molecular flexibility index (Phi) is 3.65. The van der Waals surface area contributed by atoms with Crippen molar-refractivity contribution in [3.8, 4) is 10.7 Å². The Hall–Kier alpha value is -0.490. The van der Waals surface area contributed by atoms with Crippen LogP contribution in [0.25, 0.3) is 10.7 Å². The third-order valence-electron chi connectivity index (χ3n) is 3.58. The van der Waals surface area contributed by atoms with Crippen molar-refractivity contribution >= 4 is 38.9 Å². The van der Waals surface area contributed by atoms with Gasteiger partial charge in [-0.25, -0.2) is 9.97 Å². The molecule has 2 N–H and O–H groups in total. The number of halogens is 2. The van der Waals surface area contributed by atoms with E-state index in [4.69, 9.17) is 22.3 Å². The van der Waals surface area contributed by atoms with Gasteiger partial charge in [-0.05, 0) is 40.3 Å². The smallest absolute Gasteiger partial charge is 0.169 e. The van der Waals surface area contributed by atoms with Crippen LogP contribution in [-0.2, 0) is 6.42 Å². The number of thiophene rings is 1. The summed E-state index contributed by atoms with van der Waals surface area (Å²) in [6.07, 6.45) is 3.78. The fourth-order valence-corrected chi connectivity index (χ4v) is 4.33. The summed E-state index contributed by atoms with van der Waals surface area (Å²) < 4.78 is 1.61. The molecule has 2 aromatic heterocycles. The van der Waals surface area contributed by atoms with Gasteiger partial charge in [0.1, 0.15) is 4.34 Å². The highest BCUT2D eigenvalue weighted by atomic mass is 79.9. The predicted octanol–water partition coefficient (Wildman–Crippen LogP) is 4.59. The molecule has 2 heterocycles. The molecule has 0 aliphatic heterocycles. The van der Waals surface area contributed by atoms with Crippen molar-refractivity contribution in [2.24, 2.45) is 11.1 Å². The van der Waals surface area contributed by atoms with Crippen LogP contribution in [0.5, 0.6) is 0 Å². The molecule has 106 valence electrons. The molecule has 6 heteroatoms. The van der Waals surface area contributed by atoms with Gasteiger partial charge in [0.15, 0.2) is 5.82 Å². The fourth-order valence-electron chi connectivity index (χ4n) is 2.68. The highest BCUT2D eigenvalue weighted by molar-refractivity contribution is 9.10. The number of hydrogen-bond acceptors (Lipinski definition) is 4. The highest BCUT2D eigenvalue weighted by Gasteiger charge is 2.31. The fraction of sp³-hybridized carbons (Fsp3) is 0.429. The standard InChI is InChI=1S/C14H15BrClN3S/c1-14(2)4-9(17)7-6-18-13(19-10(7)5-14)11-3-8(15)12(16)20-11/h3,6,9H,4-5,17H2,1-2H3. The first-order valence-electron chi connectivity index (χ1n) is 6.42. The molecule has 3 nitrogen and oxygen atoms in total. The highest BCUT2D eigenvalue weighted by Crippen LogP contribution is 2.40. The van der Waals surface area contributed by atoms with Crippen LogP contribution in [0, 0.1) is 5.41 Å². The van der Waals surface area contributed by atoms with Crippen LogP contribution in [0.15, 0.2) is 16.7 Å². The Labute approximate surface area is 135 Å². The number of nitrogens with zero attached hydrogens (tertiary/aromatic N) is 2. The van der Waals surface area contributed by atoms with Crippen molar-refractivity contribution in [2.45, 2.75) is 32.7 Å². The molecule has 0 saturated carbocycles. The van der Waals surface area contributed by atoms with E-state index in [9.17, 15) is 0 Å². The minimum Gasteiger partial charge on any atom is -0.324 e. The van der Waals surface area contributed by atoms with Crippen LogP contribution < -0.4 is 5.73 Å². The minimum absolute atomic E-state index is 0.0291. The average molecular weight is 373 g/mol. The molecule has 3 rings (SSSR count). The lowest BCUT2D eigenvalue weighted by Gasteiger charge is -2.34. The lowest BCUT2D eigenvalue weighted by molar-refractivity contribution is 0.278. The molecule has 0 bridgehead atoms. The van der Waals surface area contributed by atoms with Crippen LogP contribution in [0.2, 0.25) is 4.34 Å². The summed E-state index contributed by atoms with van der Waals surface area (Å²) in [5.41, 5.74) is 8.57. The minimum atomic E-state index is 0.0291. The molecule has 0 spiro atoms. The second-order valence-electron chi connectivity index (χ2n) is 5.98. The summed E-state index contributed by atoms with van der Waals surface area (Å²) in [4.78, 5) is 10.2. The Morgan fingerprint density at radius 1 is 1.50 bits per heavy atom. The van der Waals surface area contributed by atoms with Gasteiger partial charge in [-0.15, -0.1) is 11.3 Å². The number of rotatable bonds is 1. The second kappa shape index (κ2) is 5.05. The zero-order valence-electron chi connectivity index (χ0n) is 11.3. The lowest BCUT2D eigenvalue weighted by atomic mass is 9.74. The summed E-state index contributed by atoms with van der Waals surface area (Å²) in [6.45, 7) is 4.46. The normalized spacial score (nSPS) is 20.8. The first-order valence-corrected chi connectivity index (χ1v) is 8.41. The van der Waals surface area contributed by atoms with E-state index in [1.54, 1.807) is 0 Å². The van der Waals surface area contributed by atoms with Gasteiger partial charge >= 0.3 is 0 Å². The van der Waals surface area contributed by atoms with Crippen molar-refractivity contribution < 1.29 is 0 Å². The van der Waals surface area contributed by atoms with Crippen LogP contribution in [0.4, 0.5) is 0 Å². The number of fused-ring (bicyclic) bond motifs is 1. The summed E-state index contributed by atoms with van der Waals surface area (Å²) in [5.74, 6) is 0.728. The molecule has 2 aromatic rings. The van der Waals surface area contributed by atoms with E-state index in [0.717, 1.165) is 43.6 Å². The Bertz CT molecular complexity index is 649. The Morgan fingerprint density at radius 2 is 2.25 bits per heavy atom. The van der Waals surface area contributed by atoms with Gasteiger partial charge in [-0.2, -0.15) is 0 Å². The summed E-state index contributed by atoms with van der Waals surface area (Å²) in [5, 5.41) is 0. The number of aromatic nitrogens is 2. The van der Waals surface area contributed by atoms with Crippen LogP contribution in [-0.4, -0.2) is 9.97 Å². The Balaban J connectivity index is 2.05. The SMILES string of the molecule is CC1(C)Cc2nc(-c3cc(Br)c(Cl)s3)ncc2C(N)C1. The van der Waals surface area contributed by atoms with E-state index in [-0.39, 0.29) is 11.5 Å². The molecule has 0 saturated heterocycles. The van der Waals surface area contributed by atoms with E-state index in [1.807, 2.05) is 12.3 Å². The number of nitrogens with two attached hydrogens (primary N) is 1. The van der Waals surface area contributed by atoms with E-state index >= 15 is 0 Å². The second-order valence-corrected chi connectivity index (χ2v) is 8.49. The number of hydrogen-bond donors (Lipinski definition) is 1. The van der Waals surface area contributed by atoms with Crippen LogP contribution in [0.1, 0.15) is 37.6 Å². The largest absolute Gasteiger partial charge is 0.324 e. The quantitative estimate of drug-likeness (QED) is 0.796. The first kappa shape index (κ1) is 14.4. The molecule has 1 aliphatic carbocycles. The predicted molar refractivity (Wildman–Crippen MR) is 87.1 cm³/mol. The lowest BCUT2D eigenvalue weighted by Crippen LogP contribution is -2.30. The van der Waals surface area contributed by atoms with E-state index in [2.05, 4.69) is 34.8 Å². The van der Waals surface area contributed by atoms with Crippen molar-refractivity contribution in [3.63, 3.8) is 0 Å². The van der Waals surface area contributed by atoms with Crippen LogP contribution >= 0.6 is 38.9 Å². The summed E-state index contributed by atoms with van der Waals surface area (Å²) >= 11 is 11.0. The van der Waals surface area contributed by atoms with Crippen molar-refractivity contribution in [1.29, 1.82) is 0 Å². The summed E-state index contributed by atoms with van der Waals surface area (Å²) in [7, 11) is 0. The molecular formula is C14H15BrClN3S. The third-order valence-corrected chi connectivity index (χ3v) is 6.05. The molecule has 1 atom stereocenters. The summed E-state index contributed by atoms with van der Waals surface area (Å²) in [6, 6.07) is 1.99. The maximum Gasteiger partial charge on any atom is 0.169 e. The topological polar surface area (TPSA) is 51.8 Å². The Morgan fingerprint density at radius 3 is 2.90 bits per heavy atom. The molecule has 20 heavy (non-hydrogen) atoms. The van der Waals surface area contributed by atoms with Crippen molar-refractivity contribution in [1.82, 2.24) is 9.97 Å². The monoisotopic (exact) mass is 371 g/mol. The van der Waals surface area contributed by atoms with Gasteiger partial charge < -0.3 is 5.73 Å². The van der Waals surface area contributed by atoms with Gasteiger partial charge in [-0.1, -0.05) is 25.4 Å². The van der Waals surface area contributed by atoms with Crippen LogP contribution in [0.3, 0.4) is 0 Å². The molecule has 1 aliphatic rings. The zero-order chi connectivity index (χ0) is 14.5. The van der Waals surface area contributed by atoms with E-state index in [1.165, 1.54) is 11.3 Å². The molecule has 0 fully saturated rings. The van der Waals surface area contributed by atoms with Gasteiger partial charge in [-0.3, -0.25) is 0 Å². The molecular weight excluding hydrogens is 358 g/mol. The first-order chi connectivity index (χ1) is 9.35. The van der Waals surface area contributed by atoms with Gasteiger partial charge in [0, 0.05) is 28.0 Å².